The van der Waals surface area contributed by atoms with Gasteiger partial charge in [-0.25, -0.2) is 0 Å². The van der Waals surface area contributed by atoms with Crippen LogP contribution in [-0.4, -0.2) is 28.1 Å². The van der Waals surface area contributed by atoms with Crippen molar-refractivity contribution in [3.63, 3.8) is 0 Å². The molecule has 4 fully saturated rings. The van der Waals surface area contributed by atoms with Gasteiger partial charge >= 0.3 is 5.97 Å². The molecule has 4 saturated carbocycles. The van der Waals surface area contributed by atoms with Crippen molar-refractivity contribution < 1.29 is 19.8 Å². The summed E-state index contributed by atoms with van der Waals surface area (Å²) in [6, 6.07) is 0. The van der Waals surface area contributed by atoms with E-state index in [1.54, 1.807) is 0 Å². The number of aliphatic hydroxyl groups is 1. The van der Waals surface area contributed by atoms with Crippen molar-refractivity contribution in [3.05, 3.63) is 11.6 Å². The van der Waals surface area contributed by atoms with Crippen LogP contribution in [0.15, 0.2) is 11.6 Å². The summed E-state index contributed by atoms with van der Waals surface area (Å²) < 4.78 is 0. The Bertz CT molecular complexity index is 919. The van der Waals surface area contributed by atoms with Gasteiger partial charge in [0.1, 0.15) is 0 Å². The van der Waals surface area contributed by atoms with E-state index in [9.17, 15) is 19.8 Å². The van der Waals surface area contributed by atoms with Gasteiger partial charge < -0.3 is 10.2 Å². The average molecular weight is 457 g/mol. The Morgan fingerprint density at radius 3 is 2.30 bits per heavy atom. The van der Waals surface area contributed by atoms with Crippen molar-refractivity contribution in [1.29, 1.82) is 0 Å². The van der Waals surface area contributed by atoms with Crippen LogP contribution in [0.5, 0.6) is 0 Å². The lowest BCUT2D eigenvalue weighted by Gasteiger charge is -2.70. The summed E-state index contributed by atoms with van der Waals surface area (Å²) >= 11 is 0. The summed E-state index contributed by atoms with van der Waals surface area (Å²) in [6.07, 6.45) is 10.1. The zero-order chi connectivity index (χ0) is 24.2. The normalized spacial score (nSPS) is 53.1. The molecule has 5 aliphatic rings. The Balaban J connectivity index is 1.61. The zero-order valence-electron chi connectivity index (χ0n) is 21.5. The molecular formula is C29H44O4. The first-order valence-electron chi connectivity index (χ1n) is 13.4. The average Bonchev–Trinajstić information content (AvgIpc) is 2.72. The minimum atomic E-state index is -0.674. The molecule has 5 rings (SSSR count). The third-order valence-corrected chi connectivity index (χ3v) is 12.6. The molecule has 4 heteroatoms. The number of rotatable bonds is 1. The van der Waals surface area contributed by atoms with Crippen LogP contribution >= 0.6 is 0 Å². The van der Waals surface area contributed by atoms with Crippen molar-refractivity contribution in [2.24, 2.45) is 50.7 Å². The first-order valence-corrected chi connectivity index (χ1v) is 13.4. The number of aliphatic hydroxyl groups excluding tert-OH is 1. The predicted molar refractivity (Wildman–Crippen MR) is 128 cm³/mol. The standard InChI is InChI=1S/C29H44O4/c1-25(2)21-8-12-29(6)23(27(21,4)11-9-22(25)31)20(30)16-19-18-15-17(24(32)33)7-10-26(18,3)13-14-28(19,29)5/h16-18,21-23,31H,7-15H2,1-6H3,(H,32,33)/t17-,18?,21?,22-,23?,26+,27-,28+,29+/m0/s1. The molecule has 184 valence electrons. The number of carbonyl (C=O) groups is 2. The minimum Gasteiger partial charge on any atom is -0.481 e. The Morgan fingerprint density at radius 1 is 0.939 bits per heavy atom. The Kier molecular flexibility index (Phi) is 4.97. The highest BCUT2D eigenvalue weighted by atomic mass is 16.4. The maximum Gasteiger partial charge on any atom is 0.306 e. The van der Waals surface area contributed by atoms with Crippen LogP contribution in [0.25, 0.3) is 0 Å². The van der Waals surface area contributed by atoms with Crippen LogP contribution < -0.4 is 0 Å². The van der Waals surface area contributed by atoms with E-state index in [0.29, 0.717) is 12.3 Å². The van der Waals surface area contributed by atoms with Gasteiger partial charge in [0.05, 0.1) is 12.0 Å². The van der Waals surface area contributed by atoms with Crippen molar-refractivity contribution in [1.82, 2.24) is 0 Å². The number of hydrogen-bond donors (Lipinski definition) is 2. The molecule has 3 unspecified atom stereocenters. The van der Waals surface area contributed by atoms with E-state index in [0.717, 1.165) is 51.4 Å². The molecule has 0 saturated heterocycles. The molecule has 0 radical (unpaired) electrons. The third kappa shape index (κ3) is 2.85. The summed E-state index contributed by atoms with van der Waals surface area (Å²) in [5, 5.41) is 20.6. The van der Waals surface area contributed by atoms with Gasteiger partial charge in [0, 0.05) is 5.92 Å². The minimum absolute atomic E-state index is 0.0208. The number of carbonyl (C=O) groups excluding carboxylic acids is 1. The molecular weight excluding hydrogens is 412 g/mol. The smallest absolute Gasteiger partial charge is 0.306 e. The number of ketones is 1. The lowest BCUT2D eigenvalue weighted by molar-refractivity contribution is -0.201. The third-order valence-electron chi connectivity index (χ3n) is 12.6. The van der Waals surface area contributed by atoms with E-state index in [1.165, 1.54) is 5.57 Å². The molecule has 0 aliphatic heterocycles. The molecule has 0 aromatic carbocycles. The first-order chi connectivity index (χ1) is 15.2. The Morgan fingerprint density at radius 2 is 1.64 bits per heavy atom. The molecule has 4 nitrogen and oxygen atoms in total. The highest BCUT2D eigenvalue weighted by molar-refractivity contribution is 5.95. The number of hydrogen-bond acceptors (Lipinski definition) is 3. The summed E-state index contributed by atoms with van der Waals surface area (Å²) in [7, 11) is 0. The van der Waals surface area contributed by atoms with Gasteiger partial charge in [0.2, 0.25) is 0 Å². The van der Waals surface area contributed by atoms with E-state index >= 15 is 0 Å². The quantitative estimate of drug-likeness (QED) is 0.506. The topological polar surface area (TPSA) is 74.6 Å². The SMILES string of the molecule is CC1(C)C2CC[C@]3(C)C(C(=O)C=C4C5C[C@@H](C(=O)O)CC[C@]5(C)CC[C@]43C)[C@@]2(C)CC[C@@H]1O. The molecule has 0 bridgehead atoms. The number of carboxylic acids is 1. The van der Waals surface area contributed by atoms with Crippen LogP contribution in [0.1, 0.15) is 99.3 Å². The summed E-state index contributed by atoms with van der Waals surface area (Å²) in [5.41, 5.74) is 0.929. The monoisotopic (exact) mass is 456 g/mol. The summed E-state index contributed by atoms with van der Waals surface area (Å²) in [5.74, 6) is -0.163. The second-order valence-corrected chi connectivity index (χ2v) is 14.2. The highest BCUT2D eigenvalue weighted by Crippen LogP contribution is 2.74. The Labute approximate surface area is 199 Å². The van der Waals surface area contributed by atoms with Crippen LogP contribution in [0.3, 0.4) is 0 Å². The van der Waals surface area contributed by atoms with Gasteiger partial charge in [0.15, 0.2) is 5.78 Å². The van der Waals surface area contributed by atoms with Gasteiger partial charge in [-0.15, -0.1) is 0 Å². The highest BCUT2D eigenvalue weighted by Gasteiger charge is 2.69. The maximum atomic E-state index is 14.1. The first kappa shape index (κ1) is 23.6. The largest absolute Gasteiger partial charge is 0.481 e. The lowest BCUT2D eigenvalue weighted by Crippen LogP contribution is -2.66. The molecule has 0 aromatic heterocycles. The van der Waals surface area contributed by atoms with E-state index in [-0.39, 0.29) is 56.7 Å². The lowest BCUT2D eigenvalue weighted by atomic mass is 9.33. The zero-order valence-corrected chi connectivity index (χ0v) is 21.5. The number of fused-ring (bicyclic) bond motifs is 7. The predicted octanol–water partition coefficient (Wildman–Crippen LogP) is 6.02. The van der Waals surface area contributed by atoms with Crippen molar-refractivity contribution >= 4 is 11.8 Å². The molecule has 0 amide bonds. The van der Waals surface area contributed by atoms with Crippen molar-refractivity contribution in [3.8, 4) is 0 Å². The maximum absolute atomic E-state index is 14.1. The molecule has 0 aromatic rings. The fourth-order valence-electron chi connectivity index (χ4n) is 10.2. The number of aliphatic carboxylic acids is 1. The van der Waals surface area contributed by atoms with Gasteiger partial charge in [-0.3, -0.25) is 9.59 Å². The molecule has 0 spiro atoms. The van der Waals surface area contributed by atoms with E-state index in [2.05, 4.69) is 41.5 Å². The van der Waals surface area contributed by atoms with Crippen LogP contribution in [0.2, 0.25) is 0 Å². The Hall–Kier alpha value is -1.16. The van der Waals surface area contributed by atoms with Gasteiger partial charge in [-0.05, 0) is 103 Å². The van der Waals surface area contributed by atoms with E-state index in [4.69, 9.17) is 0 Å². The van der Waals surface area contributed by atoms with Crippen LogP contribution in [0.4, 0.5) is 0 Å². The van der Waals surface area contributed by atoms with Crippen molar-refractivity contribution in [2.45, 2.75) is 105 Å². The fourth-order valence-corrected chi connectivity index (χ4v) is 10.2. The summed E-state index contributed by atoms with van der Waals surface area (Å²) in [6.45, 7) is 13.9. The molecule has 2 N–H and O–H groups in total. The molecule has 33 heavy (non-hydrogen) atoms. The summed E-state index contributed by atoms with van der Waals surface area (Å²) in [4.78, 5) is 26.0. The molecule has 9 atom stereocenters. The fraction of sp³-hybridized carbons (Fsp3) is 0.862. The van der Waals surface area contributed by atoms with Gasteiger partial charge in [-0.2, -0.15) is 0 Å². The number of carboxylic acid groups (broad SMARTS) is 1. The van der Waals surface area contributed by atoms with E-state index < -0.39 is 5.97 Å². The second-order valence-electron chi connectivity index (χ2n) is 14.2. The molecule has 5 aliphatic carbocycles. The van der Waals surface area contributed by atoms with Gasteiger partial charge in [-0.1, -0.05) is 47.1 Å². The van der Waals surface area contributed by atoms with Crippen LogP contribution in [-0.2, 0) is 9.59 Å². The van der Waals surface area contributed by atoms with Crippen LogP contribution in [0, 0.1) is 50.7 Å². The molecule has 0 heterocycles. The van der Waals surface area contributed by atoms with Crippen molar-refractivity contribution in [2.75, 3.05) is 0 Å². The second kappa shape index (κ2) is 6.95. The van der Waals surface area contributed by atoms with E-state index in [1.807, 2.05) is 6.08 Å². The van der Waals surface area contributed by atoms with Gasteiger partial charge in [0.25, 0.3) is 0 Å². The number of allylic oxidation sites excluding steroid dienone is 2.